The number of quaternary nitrogens is 1. The maximum atomic E-state index is 2.41. The first kappa shape index (κ1) is 14.0. The molecule has 0 unspecified atom stereocenters. The summed E-state index contributed by atoms with van der Waals surface area (Å²) in [5.41, 5.74) is 1.33. The van der Waals surface area contributed by atoms with Crippen molar-refractivity contribution in [2.45, 2.75) is 13.0 Å². The van der Waals surface area contributed by atoms with Gasteiger partial charge < -0.3 is 4.48 Å². The average molecular weight is 280 g/mol. The van der Waals surface area contributed by atoms with Crippen molar-refractivity contribution in [1.82, 2.24) is 0 Å². The minimum atomic E-state index is 1.02. The predicted octanol–water partition coefficient (Wildman–Crippen LogP) is 3.38. The van der Waals surface area contributed by atoms with Crippen molar-refractivity contribution in [3.05, 3.63) is 54.7 Å². The van der Waals surface area contributed by atoms with E-state index in [0.717, 1.165) is 11.0 Å². The van der Waals surface area contributed by atoms with E-state index in [-0.39, 0.29) is 0 Å². The lowest BCUT2D eigenvalue weighted by atomic mass is 10.1. The summed E-state index contributed by atoms with van der Waals surface area (Å²) in [6.45, 7) is 2.26. The van der Waals surface area contributed by atoms with Gasteiger partial charge in [-0.25, -0.2) is 0 Å². The number of hydrogen-bond donors (Lipinski definition) is 0. The second-order valence-corrected chi connectivity index (χ2v) is 6.79. The Balaban J connectivity index is 2.04. The molecule has 0 saturated heterocycles. The number of aromatic nitrogens is 1. The average Bonchev–Trinajstić information content (AvgIpc) is 2.46. The second-order valence-electron chi connectivity index (χ2n) is 6.79. The zero-order chi connectivity index (χ0) is 14.9. The van der Waals surface area contributed by atoms with Gasteiger partial charge in [-0.15, -0.1) is 0 Å². The highest BCUT2D eigenvalue weighted by Gasteiger charge is 2.14. The molecule has 0 radical (unpaired) electrons. The Kier molecular flexibility index (Phi) is 3.64. The van der Waals surface area contributed by atoms with Gasteiger partial charge >= 0.3 is 0 Å². The number of pyridine rings is 1. The molecule has 108 valence electrons. The van der Waals surface area contributed by atoms with E-state index in [4.69, 9.17) is 0 Å². The fourth-order valence-electron chi connectivity index (χ4n) is 2.94. The molecule has 2 nitrogen and oxygen atoms in total. The molecule has 0 spiro atoms. The van der Waals surface area contributed by atoms with E-state index in [1.54, 1.807) is 0 Å². The number of para-hydroxylation sites is 1. The Morgan fingerprint density at radius 3 is 2.29 bits per heavy atom. The minimum absolute atomic E-state index is 1.02. The number of hydrogen-bond acceptors (Lipinski definition) is 0. The summed E-state index contributed by atoms with van der Waals surface area (Å²) in [6, 6.07) is 17.4. The van der Waals surface area contributed by atoms with Gasteiger partial charge in [-0.1, -0.05) is 30.3 Å². The quantitative estimate of drug-likeness (QED) is 0.392. The van der Waals surface area contributed by atoms with Gasteiger partial charge in [0.15, 0.2) is 12.7 Å². The third-order valence-electron chi connectivity index (χ3n) is 3.99. The van der Waals surface area contributed by atoms with E-state index < -0.39 is 0 Å². The number of rotatable bonds is 4. The summed E-state index contributed by atoms with van der Waals surface area (Å²) < 4.78 is 3.43. The van der Waals surface area contributed by atoms with Crippen LogP contribution in [0.15, 0.2) is 54.7 Å². The highest BCUT2D eigenvalue weighted by Crippen LogP contribution is 2.21. The first-order valence-electron chi connectivity index (χ1n) is 7.65. The normalized spacial score (nSPS) is 12.1. The summed E-state index contributed by atoms with van der Waals surface area (Å²) >= 11 is 0. The maximum absolute atomic E-state index is 2.41. The van der Waals surface area contributed by atoms with Gasteiger partial charge in [0.25, 0.3) is 0 Å². The zero-order valence-electron chi connectivity index (χ0n) is 13.2. The van der Waals surface area contributed by atoms with Gasteiger partial charge in [0.1, 0.15) is 0 Å². The van der Waals surface area contributed by atoms with Crippen molar-refractivity contribution in [3.8, 4) is 0 Å². The Labute approximate surface area is 126 Å². The Morgan fingerprint density at radius 1 is 0.857 bits per heavy atom. The SMILES string of the molecule is C[N+](C)(C)CCC[n+]1cc2ccccc2c2ccccc21. The van der Waals surface area contributed by atoms with Crippen LogP contribution in [-0.2, 0) is 6.54 Å². The molecule has 0 saturated carbocycles. The van der Waals surface area contributed by atoms with E-state index in [1.807, 2.05) is 0 Å². The molecule has 0 N–H and O–H groups in total. The number of aryl methyl sites for hydroxylation is 1. The molecular weight excluding hydrogens is 256 g/mol. The first-order valence-corrected chi connectivity index (χ1v) is 7.65. The van der Waals surface area contributed by atoms with Crippen LogP contribution in [0.3, 0.4) is 0 Å². The van der Waals surface area contributed by atoms with Crippen LogP contribution in [0.5, 0.6) is 0 Å². The van der Waals surface area contributed by atoms with Gasteiger partial charge in [-0.3, -0.25) is 0 Å². The minimum Gasteiger partial charge on any atom is -0.331 e. The third-order valence-corrected chi connectivity index (χ3v) is 3.99. The van der Waals surface area contributed by atoms with E-state index in [0.29, 0.717) is 0 Å². The summed E-state index contributed by atoms with van der Waals surface area (Å²) in [5.74, 6) is 0. The van der Waals surface area contributed by atoms with Crippen LogP contribution in [0.25, 0.3) is 21.7 Å². The third kappa shape index (κ3) is 3.06. The van der Waals surface area contributed by atoms with E-state index >= 15 is 0 Å². The molecule has 3 rings (SSSR count). The largest absolute Gasteiger partial charge is 0.331 e. The molecule has 0 bridgehead atoms. The molecule has 1 heterocycles. The number of fused-ring (bicyclic) bond motifs is 3. The second kappa shape index (κ2) is 5.45. The summed E-state index contributed by atoms with van der Waals surface area (Å²) in [4.78, 5) is 0. The van der Waals surface area contributed by atoms with Gasteiger partial charge in [0.05, 0.1) is 39.5 Å². The molecule has 0 aliphatic rings. The van der Waals surface area contributed by atoms with Gasteiger partial charge in [-0.05, 0) is 12.1 Å². The van der Waals surface area contributed by atoms with Crippen LogP contribution in [0.1, 0.15) is 6.42 Å². The van der Waals surface area contributed by atoms with Crippen molar-refractivity contribution < 1.29 is 9.05 Å². The fourth-order valence-corrected chi connectivity index (χ4v) is 2.94. The van der Waals surface area contributed by atoms with E-state index in [1.165, 1.54) is 34.6 Å². The van der Waals surface area contributed by atoms with E-state index in [2.05, 4.69) is 80.4 Å². The van der Waals surface area contributed by atoms with Crippen LogP contribution in [0.4, 0.5) is 0 Å². The monoisotopic (exact) mass is 280 g/mol. The standard InChI is InChI=1S/C19H24N2/c1-21(2,3)14-8-13-20-15-16-9-4-5-10-17(16)18-11-6-7-12-19(18)20/h4-7,9-12,15H,8,13-14H2,1-3H3/q+2. The van der Waals surface area contributed by atoms with Crippen molar-refractivity contribution in [1.29, 1.82) is 0 Å². The predicted molar refractivity (Wildman–Crippen MR) is 89.2 cm³/mol. The lowest BCUT2D eigenvalue weighted by Gasteiger charge is -2.23. The van der Waals surface area contributed by atoms with Gasteiger partial charge in [-0.2, -0.15) is 4.57 Å². The topological polar surface area (TPSA) is 3.88 Å². The highest BCUT2D eigenvalue weighted by molar-refractivity contribution is 6.03. The molecule has 0 fully saturated rings. The molecular formula is C19H24N2+2. The van der Waals surface area contributed by atoms with Crippen molar-refractivity contribution >= 4 is 21.7 Å². The number of benzene rings is 2. The Hall–Kier alpha value is -1.93. The van der Waals surface area contributed by atoms with Crippen molar-refractivity contribution in [3.63, 3.8) is 0 Å². The Morgan fingerprint density at radius 2 is 1.52 bits per heavy atom. The number of nitrogens with zero attached hydrogens (tertiary/aromatic N) is 2. The van der Waals surface area contributed by atoms with Crippen molar-refractivity contribution in [2.75, 3.05) is 27.7 Å². The maximum Gasteiger partial charge on any atom is 0.213 e. The summed E-state index contributed by atoms with van der Waals surface area (Å²) in [7, 11) is 6.76. The van der Waals surface area contributed by atoms with Gasteiger partial charge in [0, 0.05) is 16.8 Å². The molecule has 21 heavy (non-hydrogen) atoms. The van der Waals surface area contributed by atoms with Crippen LogP contribution in [0, 0.1) is 0 Å². The summed E-state index contributed by atoms with van der Waals surface area (Å²) in [5, 5.41) is 4.01. The molecule has 0 aliphatic heterocycles. The fraction of sp³-hybridized carbons (Fsp3) is 0.316. The molecule has 0 amide bonds. The van der Waals surface area contributed by atoms with Crippen LogP contribution in [0.2, 0.25) is 0 Å². The highest BCUT2D eigenvalue weighted by atomic mass is 15.3. The molecule has 3 aromatic rings. The molecule has 2 heteroatoms. The lowest BCUT2D eigenvalue weighted by Crippen LogP contribution is -2.40. The van der Waals surface area contributed by atoms with Crippen LogP contribution >= 0.6 is 0 Å². The first-order chi connectivity index (χ1) is 10.0. The van der Waals surface area contributed by atoms with E-state index in [9.17, 15) is 0 Å². The zero-order valence-corrected chi connectivity index (χ0v) is 13.2. The molecule has 0 aliphatic carbocycles. The van der Waals surface area contributed by atoms with Crippen LogP contribution in [-0.4, -0.2) is 32.2 Å². The molecule has 1 aromatic heterocycles. The smallest absolute Gasteiger partial charge is 0.213 e. The van der Waals surface area contributed by atoms with Crippen molar-refractivity contribution in [2.24, 2.45) is 0 Å². The molecule has 2 aromatic carbocycles. The summed E-state index contributed by atoms with van der Waals surface area (Å²) in [6.07, 6.45) is 3.49. The van der Waals surface area contributed by atoms with Crippen LogP contribution < -0.4 is 4.57 Å². The molecule has 0 atom stereocenters. The van der Waals surface area contributed by atoms with Gasteiger partial charge in [0.2, 0.25) is 5.52 Å². The lowest BCUT2D eigenvalue weighted by molar-refractivity contribution is -0.873. The Bertz CT molecular complexity index is 769.